The molecule has 5 heteroatoms. The fourth-order valence-corrected chi connectivity index (χ4v) is 2.68. The first kappa shape index (κ1) is 18.7. The van der Waals surface area contributed by atoms with Crippen LogP contribution in [0.15, 0.2) is 29.8 Å². The van der Waals surface area contributed by atoms with E-state index in [1.165, 1.54) is 18.2 Å². The zero-order valence-corrected chi connectivity index (χ0v) is 14.4. The number of nitriles is 1. The second kappa shape index (κ2) is 7.80. The Morgan fingerprint density at radius 2 is 1.78 bits per heavy atom. The van der Waals surface area contributed by atoms with E-state index in [0.717, 1.165) is 0 Å². The summed E-state index contributed by atoms with van der Waals surface area (Å²) in [6, 6.07) is 8.33. The highest BCUT2D eigenvalue weighted by atomic mass is 16.7. The van der Waals surface area contributed by atoms with Crippen LogP contribution in [-0.4, -0.2) is 34.4 Å². The van der Waals surface area contributed by atoms with Crippen molar-refractivity contribution in [1.82, 2.24) is 0 Å². The van der Waals surface area contributed by atoms with Crippen LogP contribution in [0.5, 0.6) is 5.75 Å². The van der Waals surface area contributed by atoms with Gasteiger partial charge in [-0.1, -0.05) is 12.1 Å². The molecule has 1 aromatic rings. The number of hydrogen-bond acceptors (Lipinski definition) is 4. The van der Waals surface area contributed by atoms with Crippen molar-refractivity contribution in [2.75, 3.05) is 6.54 Å². The lowest BCUT2D eigenvalue weighted by Crippen LogP contribution is -2.58. The van der Waals surface area contributed by atoms with Crippen LogP contribution in [0.3, 0.4) is 0 Å². The summed E-state index contributed by atoms with van der Waals surface area (Å²) in [5, 5.41) is 18.6. The molecule has 0 saturated carbocycles. The second-order valence-corrected chi connectivity index (χ2v) is 6.00. The van der Waals surface area contributed by atoms with E-state index in [1.807, 2.05) is 40.7 Å². The molecule has 1 N–H and O–H groups in total. The lowest BCUT2D eigenvalue weighted by atomic mass is 10.1. The molecule has 0 fully saturated rings. The predicted molar refractivity (Wildman–Crippen MR) is 88.9 cm³/mol. The van der Waals surface area contributed by atoms with E-state index in [9.17, 15) is 15.2 Å². The van der Waals surface area contributed by atoms with Gasteiger partial charge in [0.15, 0.2) is 0 Å². The number of carbonyl (C=O) groups excluding carboxylic acids is 1. The molecule has 0 aliphatic heterocycles. The minimum Gasteiger partial charge on any atom is -0.508 e. The van der Waals surface area contributed by atoms with Gasteiger partial charge in [0, 0.05) is 0 Å². The van der Waals surface area contributed by atoms with E-state index in [0.29, 0.717) is 12.1 Å². The number of rotatable bonds is 6. The van der Waals surface area contributed by atoms with Gasteiger partial charge < -0.3 is 5.11 Å². The summed E-state index contributed by atoms with van der Waals surface area (Å²) in [6.07, 6.45) is 1.47. The summed E-state index contributed by atoms with van der Waals surface area (Å²) in [5.41, 5.74) is 0.591. The monoisotopic (exact) mass is 317 g/mol. The molecule has 1 aromatic carbocycles. The smallest absolute Gasteiger partial charge is 0.407 e. The van der Waals surface area contributed by atoms with Crippen LogP contribution < -0.4 is 0 Å². The number of hydroxylamine groups is 3. The molecule has 0 saturated heterocycles. The molecule has 1 rings (SSSR count). The first-order chi connectivity index (χ1) is 10.8. The summed E-state index contributed by atoms with van der Waals surface area (Å²) >= 11 is 0. The van der Waals surface area contributed by atoms with Gasteiger partial charge in [0.25, 0.3) is 0 Å². The summed E-state index contributed by atoms with van der Waals surface area (Å²) in [6.45, 7) is 10.6. The van der Waals surface area contributed by atoms with Crippen LogP contribution in [0, 0.1) is 11.3 Å². The van der Waals surface area contributed by atoms with E-state index < -0.39 is 5.97 Å². The minimum atomic E-state index is -0.634. The zero-order chi connectivity index (χ0) is 17.6. The van der Waals surface area contributed by atoms with Gasteiger partial charge in [-0.2, -0.15) is 5.26 Å². The molecule has 0 aliphatic carbocycles. The maximum atomic E-state index is 12.5. The van der Waals surface area contributed by atoms with Crippen molar-refractivity contribution in [2.24, 2.45) is 0 Å². The fourth-order valence-electron chi connectivity index (χ4n) is 2.68. The fraction of sp³-hybridized carbons (Fsp3) is 0.444. The molecule has 0 aromatic heterocycles. The largest absolute Gasteiger partial charge is 0.508 e. The summed E-state index contributed by atoms with van der Waals surface area (Å²) < 4.78 is 0.160. The molecule has 0 radical (unpaired) electrons. The van der Waals surface area contributed by atoms with Crippen molar-refractivity contribution in [3.8, 4) is 11.8 Å². The molecule has 0 heterocycles. The zero-order valence-electron chi connectivity index (χ0n) is 14.4. The molecule has 0 aliphatic rings. The first-order valence-corrected chi connectivity index (χ1v) is 7.79. The van der Waals surface area contributed by atoms with Crippen LogP contribution in [0.2, 0.25) is 0 Å². The van der Waals surface area contributed by atoms with Crippen molar-refractivity contribution >= 4 is 12.0 Å². The summed E-state index contributed by atoms with van der Waals surface area (Å²) in [7, 11) is 0. The van der Waals surface area contributed by atoms with Crippen LogP contribution >= 0.6 is 0 Å². The third-order valence-corrected chi connectivity index (χ3v) is 4.04. The topological polar surface area (TPSA) is 70.3 Å². The van der Waals surface area contributed by atoms with E-state index in [-0.39, 0.29) is 28.1 Å². The standard InChI is InChI=1S/C18H24N2O3/c1-6-20(13(2)3,14(4)5)23-18(22)16(12-19)11-15-7-9-17(21)10-8-15/h7-11,13-14H,6H2,1-5H3/p+1. The van der Waals surface area contributed by atoms with Gasteiger partial charge in [0.1, 0.15) is 36.0 Å². The average Bonchev–Trinajstić information content (AvgIpc) is 2.51. The van der Waals surface area contributed by atoms with Gasteiger partial charge in [0.05, 0.1) is 0 Å². The predicted octanol–water partition coefficient (Wildman–Crippen LogP) is 3.41. The maximum Gasteiger partial charge on any atom is 0.407 e. The quantitative estimate of drug-likeness (QED) is 0.378. The Hall–Kier alpha value is -2.32. The molecule has 23 heavy (non-hydrogen) atoms. The van der Waals surface area contributed by atoms with Gasteiger partial charge in [0.2, 0.25) is 0 Å². The Bertz CT molecular complexity index is 602. The molecule has 0 spiro atoms. The number of phenolic OH excluding ortho intramolecular Hbond substituents is 1. The van der Waals surface area contributed by atoms with Crippen molar-refractivity contribution in [3.05, 3.63) is 35.4 Å². The first-order valence-electron chi connectivity index (χ1n) is 7.79. The molecule has 0 amide bonds. The highest BCUT2D eigenvalue weighted by molar-refractivity contribution is 5.97. The van der Waals surface area contributed by atoms with Crippen molar-refractivity contribution < 1.29 is 19.4 Å². The summed E-state index contributed by atoms with van der Waals surface area (Å²) in [4.78, 5) is 18.2. The molecule has 124 valence electrons. The lowest BCUT2D eigenvalue weighted by Gasteiger charge is -2.40. The minimum absolute atomic E-state index is 0.0621. The number of benzene rings is 1. The van der Waals surface area contributed by atoms with Crippen molar-refractivity contribution in [2.45, 2.75) is 46.7 Å². The third-order valence-electron chi connectivity index (χ3n) is 4.04. The normalized spacial score (nSPS) is 12.3. The van der Waals surface area contributed by atoms with Crippen LogP contribution in [0.25, 0.3) is 6.08 Å². The third kappa shape index (κ3) is 4.33. The van der Waals surface area contributed by atoms with Crippen molar-refractivity contribution in [1.29, 1.82) is 5.26 Å². The summed E-state index contributed by atoms with van der Waals surface area (Å²) in [5.74, 6) is -0.505. The Balaban J connectivity index is 3.09. The number of carbonyl (C=O) groups is 1. The number of nitrogens with zero attached hydrogens (tertiary/aromatic N) is 2. The van der Waals surface area contributed by atoms with Crippen LogP contribution in [0.4, 0.5) is 0 Å². The molecule has 0 bridgehead atoms. The SMILES string of the molecule is CC[N+](OC(=O)C(C#N)=Cc1ccc(O)cc1)(C(C)C)C(C)C. The Kier molecular flexibility index (Phi) is 6.35. The second-order valence-electron chi connectivity index (χ2n) is 6.00. The van der Waals surface area contributed by atoms with Crippen molar-refractivity contribution in [3.63, 3.8) is 0 Å². The number of phenols is 1. The van der Waals surface area contributed by atoms with E-state index in [2.05, 4.69) is 0 Å². The van der Waals surface area contributed by atoms with Gasteiger partial charge in [-0.05, 0) is 58.4 Å². The number of hydrogen-bond donors (Lipinski definition) is 1. The Labute approximate surface area is 138 Å². The maximum absolute atomic E-state index is 12.5. The molecular weight excluding hydrogens is 292 g/mol. The molecule has 5 nitrogen and oxygen atoms in total. The van der Waals surface area contributed by atoms with Crippen LogP contribution in [0.1, 0.15) is 40.2 Å². The van der Waals surface area contributed by atoms with Gasteiger partial charge in [-0.3, -0.25) is 4.84 Å². The Morgan fingerprint density at radius 1 is 1.26 bits per heavy atom. The highest BCUT2D eigenvalue weighted by Crippen LogP contribution is 2.22. The Morgan fingerprint density at radius 3 is 2.17 bits per heavy atom. The van der Waals surface area contributed by atoms with Gasteiger partial charge in [-0.15, -0.1) is 4.65 Å². The number of aromatic hydroxyl groups is 1. The average molecular weight is 317 g/mol. The molecule has 0 unspecified atom stereocenters. The van der Waals surface area contributed by atoms with Gasteiger partial charge >= 0.3 is 5.97 Å². The molecular formula is C18H25N2O3+. The van der Waals surface area contributed by atoms with Gasteiger partial charge in [-0.25, -0.2) is 4.79 Å². The highest BCUT2D eigenvalue weighted by Gasteiger charge is 2.39. The van der Waals surface area contributed by atoms with E-state index in [1.54, 1.807) is 12.1 Å². The van der Waals surface area contributed by atoms with E-state index in [4.69, 9.17) is 4.84 Å². The van der Waals surface area contributed by atoms with E-state index >= 15 is 0 Å². The molecule has 0 atom stereocenters. The number of quaternary nitrogens is 1. The lowest BCUT2D eigenvalue weighted by molar-refractivity contribution is -1.12. The van der Waals surface area contributed by atoms with Crippen LogP contribution in [-0.2, 0) is 9.63 Å².